The van der Waals surface area contributed by atoms with Crippen LogP contribution < -0.4 is 38.9 Å². The highest BCUT2D eigenvalue weighted by Crippen LogP contribution is 2.13. The maximum Gasteiger partial charge on any atom is 0.362 e. The lowest BCUT2D eigenvalue weighted by atomic mass is 10.0. The van der Waals surface area contributed by atoms with Crippen LogP contribution in [0.25, 0.3) is 0 Å². The van der Waals surface area contributed by atoms with E-state index in [1.807, 2.05) is 6.07 Å². The molecule has 9 heteroatoms. The summed E-state index contributed by atoms with van der Waals surface area (Å²) < 4.78 is 0. The fraction of sp³-hybridized carbons (Fsp3) is 0.167. The first-order valence-corrected chi connectivity index (χ1v) is 6.07. The minimum absolute atomic E-state index is 0.00868. The molecule has 0 aliphatic carbocycles. The Balaban J connectivity index is 3.22. The Bertz CT molecular complexity index is 580. The Morgan fingerprint density at radius 2 is 1.19 bits per heavy atom. The van der Waals surface area contributed by atoms with Gasteiger partial charge in [-0.05, 0) is 32.0 Å². The summed E-state index contributed by atoms with van der Waals surface area (Å²) in [7, 11) is 0. The highest BCUT2D eigenvalue weighted by Gasteiger charge is 2.06. The summed E-state index contributed by atoms with van der Waals surface area (Å²) in [5.74, 6) is 0.0174. The van der Waals surface area contributed by atoms with Crippen molar-refractivity contribution in [1.29, 1.82) is 0 Å². The quantitative estimate of drug-likeness (QED) is 0.127. The Morgan fingerprint density at radius 1 is 0.810 bits per heavy atom. The maximum atomic E-state index is 5.89. The third-order valence-electron chi connectivity index (χ3n) is 2.50. The van der Waals surface area contributed by atoms with Crippen LogP contribution in [-0.2, 0) is 0 Å². The predicted molar refractivity (Wildman–Crippen MR) is 84.0 cm³/mol. The SMILES string of the molecule is C/C(=N\[NH+]=C(N)N)c1cc(N)cc(/C(C)=N/[NH+]=C(N)N)c1. The van der Waals surface area contributed by atoms with Gasteiger partial charge in [-0.25, -0.2) is 0 Å². The van der Waals surface area contributed by atoms with Crippen LogP contribution in [0.4, 0.5) is 5.69 Å². The second-order valence-corrected chi connectivity index (χ2v) is 4.37. The van der Waals surface area contributed by atoms with Crippen LogP contribution in [0.1, 0.15) is 25.0 Å². The van der Waals surface area contributed by atoms with Gasteiger partial charge in [0.2, 0.25) is 0 Å². The highest BCUT2D eigenvalue weighted by atomic mass is 15.3. The van der Waals surface area contributed by atoms with Gasteiger partial charge < -0.3 is 5.73 Å². The number of rotatable bonds is 4. The van der Waals surface area contributed by atoms with Crippen molar-refractivity contribution in [3.63, 3.8) is 0 Å². The van der Waals surface area contributed by atoms with Crippen molar-refractivity contribution >= 4 is 29.0 Å². The molecule has 0 aliphatic rings. The smallest absolute Gasteiger partial charge is 0.362 e. The van der Waals surface area contributed by atoms with Gasteiger partial charge in [-0.15, -0.1) is 10.2 Å². The first kappa shape index (κ1) is 16.0. The van der Waals surface area contributed by atoms with Crippen molar-refractivity contribution in [2.45, 2.75) is 13.8 Å². The molecule has 0 fully saturated rings. The molecule has 112 valence electrons. The minimum Gasteiger partial charge on any atom is -0.399 e. The Labute approximate surface area is 122 Å². The molecule has 0 aliphatic heterocycles. The third-order valence-corrected chi connectivity index (χ3v) is 2.50. The van der Waals surface area contributed by atoms with E-state index < -0.39 is 0 Å². The average molecular weight is 291 g/mol. The second kappa shape index (κ2) is 6.89. The lowest BCUT2D eigenvalue weighted by Gasteiger charge is -2.05. The van der Waals surface area contributed by atoms with Gasteiger partial charge >= 0.3 is 11.9 Å². The van der Waals surface area contributed by atoms with Crippen molar-refractivity contribution in [2.24, 2.45) is 33.1 Å². The molecule has 1 aromatic carbocycles. The number of nitrogens with two attached hydrogens (primary N) is 5. The molecule has 0 heterocycles. The number of nitrogen functional groups attached to an aromatic ring is 1. The largest absolute Gasteiger partial charge is 0.399 e. The fourth-order valence-electron chi connectivity index (χ4n) is 1.50. The molecule has 0 radical (unpaired) electrons. The molecular formula is C12H21N9+2. The Hall–Kier alpha value is -3.10. The molecule has 1 aromatic rings. The van der Waals surface area contributed by atoms with Crippen LogP contribution in [0.5, 0.6) is 0 Å². The summed E-state index contributed by atoms with van der Waals surface area (Å²) in [6, 6.07) is 5.43. The van der Waals surface area contributed by atoms with Crippen LogP contribution in [0.3, 0.4) is 0 Å². The molecule has 1 rings (SSSR count). The van der Waals surface area contributed by atoms with Crippen LogP contribution >= 0.6 is 0 Å². The lowest BCUT2D eigenvalue weighted by molar-refractivity contribution is -0.464. The number of anilines is 1. The van der Waals surface area contributed by atoms with Crippen LogP contribution in [-0.4, -0.2) is 23.3 Å². The summed E-state index contributed by atoms with van der Waals surface area (Å²) in [6.07, 6.45) is 0. The van der Waals surface area contributed by atoms with E-state index in [4.69, 9.17) is 28.7 Å². The molecule has 0 amide bonds. The van der Waals surface area contributed by atoms with Gasteiger partial charge in [0.05, 0.1) is 11.4 Å². The summed E-state index contributed by atoms with van der Waals surface area (Å²) in [6.45, 7) is 3.59. The average Bonchev–Trinajstić information content (AvgIpc) is 2.41. The van der Waals surface area contributed by atoms with Crippen molar-refractivity contribution < 1.29 is 10.2 Å². The number of nitrogens with one attached hydrogen (secondary N) is 2. The normalized spacial score (nSPS) is 11.9. The van der Waals surface area contributed by atoms with E-state index in [-0.39, 0.29) is 11.9 Å². The van der Waals surface area contributed by atoms with Crippen molar-refractivity contribution in [3.05, 3.63) is 29.3 Å². The van der Waals surface area contributed by atoms with E-state index in [0.29, 0.717) is 17.1 Å². The zero-order chi connectivity index (χ0) is 16.0. The Morgan fingerprint density at radius 3 is 1.52 bits per heavy atom. The number of hydrazone groups is 2. The zero-order valence-electron chi connectivity index (χ0n) is 12.0. The third kappa shape index (κ3) is 5.19. The number of benzene rings is 1. The van der Waals surface area contributed by atoms with Gasteiger partial charge in [0.1, 0.15) is 0 Å². The number of nitrogens with zero attached hydrogens (tertiary/aromatic N) is 2. The highest BCUT2D eigenvalue weighted by molar-refractivity contribution is 6.04. The summed E-state index contributed by atoms with van der Waals surface area (Å²) >= 11 is 0. The van der Waals surface area contributed by atoms with E-state index in [1.165, 1.54) is 0 Å². The van der Waals surface area contributed by atoms with Crippen LogP contribution in [0, 0.1) is 0 Å². The van der Waals surface area contributed by atoms with Crippen LogP contribution in [0.15, 0.2) is 28.4 Å². The molecule has 0 saturated carbocycles. The van der Waals surface area contributed by atoms with Gasteiger partial charge in [0.25, 0.3) is 0 Å². The van der Waals surface area contributed by atoms with E-state index in [1.54, 1.807) is 26.0 Å². The van der Waals surface area contributed by atoms with Gasteiger partial charge in [-0.2, -0.15) is 10.2 Å². The van der Waals surface area contributed by atoms with Crippen molar-refractivity contribution in [3.8, 4) is 0 Å². The maximum absolute atomic E-state index is 5.89. The second-order valence-electron chi connectivity index (χ2n) is 4.37. The monoisotopic (exact) mass is 291 g/mol. The van der Waals surface area contributed by atoms with Gasteiger partial charge in [-0.3, -0.25) is 22.9 Å². The fourth-order valence-corrected chi connectivity index (χ4v) is 1.50. The van der Waals surface area contributed by atoms with Crippen molar-refractivity contribution in [2.75, 3.05) is 5.73 Å². The van der Waals surface area contributed by atoms with Crippen molar-refractivity contribution in [1.82, 2.24) is 0 Å². The zero-order valence-corrected chi connectivity index (χ0v) is 12.0. The molecule has 21 heavy (non-hydrogen) atoms. The number of hydrogen-bond acceptors (Lipinski definition) is 3. The van der Waals surface area contributed by atoms with E-state index in [0.717, 1.165) is 11.1 Å². The molecule has 0 unspecified atom stereocenters. The number of guanidine groups is 2. The van der Waals surface area contributed by atoms with Gasteiger partial charge in [0, 0.05) is 16.8 Å². The summed E-state index contributed by atoms with van der Waals surface area (Å²) in [5, 5.41) is 13.1. The molecule has 9 nitrogen and oxygen atoms in total. The van der Waals surface area contributed by atoms with E-state index >= 15 is 0 Å². The topological polar surface area (TPSA) is 183 Å². The first-order chi connectivity index (χ1) is 9.79. The summed E-state index contributed by atoms with van der Waals surface area (Å²) in [4.78, 5) is 0. The molecule has 0 atom stereocenters. The summed E-state index contributed by atoms with van der Waals surface area (Å²) in [5.41, 5.74) is 30.6. The molecule has 0 saturated heterocycles. The minimum atomic E-state index is 0.00868. The van der Waals surface area contributed by atoms with Crippen LogP contribution in [0.2, 0.25) is 0 Å². The first-order valence-electron chi connectivity index (χ1n) is 6.07. The molecule has 0 bridgehead atoms. The molecule has 12 N–H and O–H groups in total. The lowest BCUT2D eigenvalue weighted by Crippen LogP contribution is -2.72. The molecule has 0 spiro atoms. The van der Waals surface area contributed by atoms with Gasteiger partial charge in [0.15, 0.2) is 0 Å². The standard InChI is InChI=1S/C12H19N9/c1-6(18-20-11(14)15)8-3-9(5-10(13)4-8)7(2)19-21-12(16)17/h3-5H,13H2,1-2H3,(H4,14,15,20)(H4,16,17,21)/p+2/b18-6+,19-7+. The predicted octanol–water partition coefficient (Wildman–Crippen LogP) is -4.58. The van der Waals surface area contributed by atoms with E-state index in [9.17, 15) is 0 Å². The Kier molecular flexibility index (Phi) is 5.24. The number of hydrogen-bond donors (Lipinski definition) is 7. The molecule has 0 aromatic heterocycles. The van der Waals surface area contributed by atoms with Gasteiger partial charge in [-0.1, -0.05) is 0 Å². The van der Waals surface area contributed by atoms with E-state index in [2.05, 4.69) is 20.4 Å². The molecular weight excluding hydrogens is 270 g/mol.